The van der Waals surface area contributed by atoms with Crippen LogP contribution in [0, 0.1) is 0 Å². The maximum atomic E-state index is 12.1. The summed E-state index contributed by atoms with van der Waals surface area (Å²) in [5, 5.41) is 6.99. The standard InChI is InChI=1S/C14H20N6O/c1-14(2,3)20-9-10(6-17-20)18-13(21)11-7-16-12(8-15-11)19(4)5/h6-9H,1-5H3,(H,18,21). The lowest BCUT2D eigenvalue weighted by Crippen LogP contribution is -2.22. The topological polar surface area (TPSA) is 75.9 Å². The van der Waals surface area contributed by atoms with Crippen LogP contribution in [0.5, 0.6) is 0 Å². The van der Waals surface area contributed by atoms with E-state index in [1.165, 1.54) is 6.20 Å². The molecule has 0 aliphatic heterocycles. The first-order valence-electron chi connectivity index (χ1n) is 6.63. The average molecular weight is 288 g/mol. The number of nitrogens with one attached hydrogen (secondary N) is 1. The SMILES string of the molecule is CN(C)c1cnc(C(=O)Nc2cnn(C(C)(C)C)c2)cn1. The molecule has 0 unspecified atom stereocenters. The van der Waals surface area contributed by atoms with Gasteiger partial charge in [0.1, 0.15) is 11.5 Å². The molecule has 7 nitrogen and oxygen atoms in total. The molecule has 0 aliphatic carbocycles. The fourth-order valence-corrected chi connectivity index (χ4v) is 1.62. The van der Waals surface area contributed by atoms with Crippen LogP contribution < -0.4 is 10.2 Å². The molecule has 0 saturated carbocycles. The number of hydrogen-bond acceptors (Lipinski definition) is 5. The van der Waals surface area contributed by atoms with Gasteiger partial charge in [-0.3, -0.25) is 9.48 Å². The number of hydrogen-bond donors (Lipinski definition) is 1. The molecule has 1 amide bonds. The number of carbonyl (C=O) groups excluding carboxylic acids is 1. The van der Waals surface area contributed by atoms with Crippen molar-refractivity contribution in [3.05, 3.63) is 30.5 Å². The molecule has 0 aromatic carbocycles. The van der Waals surface area contributed by atoms with E-state index in [-0.39, 0.29) is 17.1 Å². The van der Waals surface area contributed by atoms with Crippen LogP contribution in [0.1, 0.15) is 31.3 Å². The highest BCUT2D eigenvalue weighted by atomic mass is 16.1. The van der Waals surface area contributed by atoms with Gasteiger partial charge in [0.2, 0.25) is 0 Å². The smallest absolute Gasteiger partial charge is 0.275 e. The molecule has 0 bridgehead atoms. The molecule has 2 aromatic rings. The van der Waals surface area contributed by atoms with Gasteiger partial charge in [-0.25, -0.2) is 9.97 Å². The molecule has 21 heavy (non-hydrogen) atoms. The Morgan fingerprint density at radius 1 is 1.19 bits per heavy atom. The predicted octanol–water partition coefficient (Wildman–Crippen LogP) is 1.75. The van der Waals surface area contributed by atoms with E-state index < -0.39 is 0 Å². The molecule has 0 saturated heterocycles. The zero-order valence-electron chi connectivity index (χ0n) is 13.0. The molecular formula is C14H20N6O. The van der Waals surface area contributed by atoms with E-state index in [9.17, 15) is 4.79 Å². The zero-order chi connectivity index (χ0) is 15.6. The second kappa shape index (κ2) is 5.51. The van der Waals surface area contributed by atoms with E-state index >= 15 is 0 Å². The Hall–Kier alpha value is -2.44. The Balaban J connectivity index is 2.09. The Morgan fingerprint density at radius 3 is 2.38 bits per heavy atom. The van der Waals surface area contributed by atoms with Crippen molar-refractivity contribution in [3.63, 3.8) is 0 Å². The van der Waals surface area contributed by atoms with Crippen LogP contribution in [0.2, 0.25) is 0 Å². The highest BCUT2D eigenvalue weighted by molar-refractivity contribution is 6.02. The molecule has 2 heterocycles. The summed E-state index contributed by atoms with van der Waals surface area (Å²) in [5.74, 6) is 0.397. The van der Waals surface area contributed by atoms with E-state index in [4.69, 9.17) is 0 Å². The lowest BCUT2D eigenvalue weighted by molar-refractivity contribution is 0.102. The molecule has 0 spiro atoms. The first kappa shape index (κ1) is 15.0. The van der Waals surface area contributed by atoms with Crippen molar-refractivity contribution in [2.24, 2.45) is 0 Å². The summed E-state index contributed by atoms with van der Waals surface area (Å²) in [5.41, 5.74) is 0.772. The van der Waals surface area contributed by atoms with Crippen molar-refractivity contribution >= 4 is 17.4 Å². The second-order valence-corrected chi connectivity index (χ2v) is 5.95. The third-order valence-corrected chi connectivity index (χ3v) is 2.86. The van der Waals surface area contributed by atoms with Crippen molar-refractivity contribution in [1.82, 2.24) is 19.7 Å². The fourth-order valence-electron chi connectivity index (χ4n) is 1.62. The van der Waals surface area contributed by atoms with E-state index in [0.29, 0.717) is 11.5 Å². The van der Waals surface area contributed by atoms with Crippen LogP contribution in [0.4, 0.5) is 11.5 Å². The summed E-state index contributed by atoms with van der Waals surface area (Å²) in [4.78, 5) is 22.2. The van der Waals surface area contributed by atoms with Crippen LogP contribution in [0.3, 0.4) is 0 Å². The van der Waals surface area contributed by atoms with Gasteiger partial charge in [-0.2, -0.15) is 5.10 Å². The van der Waals surface area contributed by atoms with Gasteiger partial charge in [0.25, 0.3) is 5.91 Å². The highest BCUT2D eigenvalue weighted by Gasteiger charge is 2.15. The summed E-state index contributed by atoms with van der Waals surface area (Å²) >= 11 is 0. The molecule has 2 rings (SSSR count). The van der Waals surface area contributed by atoms with Gasteiger partial charge in [0, 0.05) is 20.3 Å². The Bertz CT molecular complexity index is 624. The minimum atomic E-state index is -0.304. The highest BCUT2D eigenvalue weighted by Crippen LogP contribution is 2.16. The van der Waals surface area contributed by atoms with Crippen molar-refractivity contribution in [1.29, 1.82) is 0 Å². The summed E-state index contributed by atoms with van der Waals surface area (Å²) in [6, 6.07) is 0. The number of rotatable bonds is 3. The number of carbonyl (C=O) groups is 1. The lowest BCUT2D eigenvalue weighted by atomic mass is 10.1. The Kier molecular flexibility index (Phi) is 3.93. The molecule has 0 atom stereocenters. The summed E-state index contributed by atoms with van der Waals surface area (Å²) < 4.78 is 1.80. The molecule has 112 valence electrons. The van der Waals surface area contributed by atoms with Crippen LogP contribution in [-0.2, 0) is 5.54 Å². The van der Waals surface area contributed by atoms with E-state index in [1.54, 1.807) is 23.3 Å². The van der Waals surface area contributed by atoms with Crippen LogP contribution in [0.25, 0.3) is 0 Å². The van der Waals surface area contributed by atoms with Gasteiger partial charge in [0.15, 0.2) is 0 Å². The predicted molar refractivity (Wildman–Crippen MR) is 81.5 cm³/mol. The molecule has 7 heteroatoms. The minimum Gasteiger partial charge on any atom is -0.361 e. The second-order valence-electron chi connectivity index (χ2n) is 5.95. The molecular weight excluding hydrogens is 268 g/mol. The zero-order valence-corrected chi connectivity index (χ0v) is 13.0. The summed E-state index contributed by atoms with van der Waals surface area (Å²) in [6.45, 7) is 6.12. The average Bonchev–Trinajstić information content (AvgIpc) is 2.87. The van der Waals surface area contributed by atoms with Gasteiger partial charge >= 0.3 is 0 Å². The first-order chi connectivity index (χ1) is 9.77. The van der Waals surface area contributed by atoms with E-state index in [2.05, 4.69) is 20.4 Å². The van der Waals surface area contributed by atoms with Crippen LogP contribution in [-0.4, -0.2) is 39.8 Å². The lowest BCUT2D eigenvalue weighted by Gasteiger charge is -2.18. The van der Waals surface area contributed by atoms with Crippen LogP contribution in [0.15, 0.2) is 24.8 Å². The maximum absolute atomic E-state index is 12.1. The van der Waals surface area contributed by atoms with Crippen molar-refractivity contribution in [2.45, 2.75) is 26.3 Å². The quantitative estimate of drug-likeness (QED) is 0.931. The third kappa shape index (κ3) is 3.56. The number of amides is 1. The summed E-state index contributed by atoms with van der Waals surface area (Å²) in [7, 11) is 3.73. The van der Waals surface area contributed by atoms with Crippen molar-refractivity contribution < 1.29 is 4.79 Å². The Labute approximate surface area is 124 Å². The first-order valence-corrected chi connectivity index (χ1v) is 6.63. The molecule has 1 N–H and O–H groups in total. The number of nitrogens with zero attached hydrogens (tertiary/aromatic N) is 5. The third-order valence-electron chi connectivity index (χ3n) is 2.86. The minimum absolute atomic E-state index is 0.129. The van der Waals surface area contributed by atoms with Gasteiger partial charge in [-0.05, 0) is 20.8 Å². The van der Waals surface area contributed by atoms with Gasteiger partial charge in [-0.15, -0.1) is 0 Å². The molecule has 0 radical (unpaired) electrons. The molecule has 0 fully saturated rings. The normalized spacial score (nSPS) is 11.3. The van der Waals surface area contributed by atoms with E-state index in [1.807, 2.05) is 39.8 Å². The maximum Gasteiger partial charge on any atom is 0.275 e. The largest absolute Gasteiger partial charge is 0.361 e. The van der Waals surface area contributed by atoms with Crippen molar-refractivity contribution in [2.75, 3.05) is 24.3 Å². The van der Waals surface area contributed by atoms with Crippen molar-refractivity contribution in [3.8, 4) is 0 Å². The molecule has 0 aliphatic rings. The fraction of sp³-hybridized carbons (Fsp3) is 0.429. The van der Waals surface area contributed by atoms with Gasteiger partial charge < -0.3 is 10.2 Å². The van der Waals surface area contributed by atoms with Crippen LogP contribution >= 0.6 is 0 Å². The van der Waals surface area contributed by atoms with Gasteiger partial charge in [-0.1, -0.05) is 0 Å². The number of aromatic nitrogens is 4. The molecule has 2 aromatic heterocycles. The Morgan fingerprint density at radius 2 is 1.90 bits per heavy atom. The summed E-state index contributed by atoms with van der Waals surface area (Å²) in [6.07, 6.45) is 6.43. The monoisotopic (exact) mass is 288 g/mol. The number of anilines is 2. The van der Waals surface area contributed by atoms with E-state index in [0.717, 1.165) is 0 Å². The van der Waals surface area contributed by atoms with Gasteiger partial charge in [0.05, 0.1) is 29.8 Å².